The lowest BCUT2D eigenvalue weighted by atomic mass is 9.85. The summed E-state index contributed by atoms with van der Waals surface area (Å²) in [5.74, 6) is 0.546. The summed E-state index contributed by atoms with van der Waals surface area (Å²) < 4.78 is 5.43. The minimum Gasteiger partial charge on any atom is -0.507 e. The Bertz CT molecular complexity index is 604. The highest BCUT2D eigenvalue weighted by molar-refractivity contribution is 5.95. The van der Waals surface area contributed by atoms with Crippen LogP contribution in [-0.4, -0.2) is 17.3 Å². The third-order valence-corrected chi connectivity index (χ3v) is 3.80. The molecule has 2 aromatic carbocycles. The van der Waals surface area contributed by atoms with Gasteiger partial charge in [0.25, 0.3) is 0 Å². The van der Waals surface area contributed by atoms with Crippen LogP contribution in [0.4, 0.5) is 0 Å². The van der Waals surface area contributed by atoms with Crippen molar-refractivity contribution in [1.29, 1.82) is 0 Å². The van der Waals surface area contributed by atoms with Gasteiger partial charge < -0.3 is 14.9 Å². The zero-order valence-electron chi connectivity index (χ0n) is 10.3. The molecule has 3 nitrogen and oxygen atoms in total. The van der Waals surface area contributed by atoms with Crippen molar-refractivity contribution in [3.8, 4) is 11.5 Å². The number of hydrogen-bond acceptors (Lipinski definition) is 3. The number of aromatic hydroxyl groups is 2. The molecular formula is C15H16O3. The molecule has 3 heteroatoms. The van der Waals surface area contributed by atoms with Crippen LogP contribution in [0.1, 0.15) is 30.1 Å². The molecule has 0 fully saturated rings. The van der Waals surface area contributed by atoms with E-state index >= 15 is 0 Å². The fourth-order valence-electron chi connectivity index (χ4n) is 2.92. The number of methoxy groups -OCH3 is 1. The lowest BCUT2D eigenvalue weighted by Crippen LogP contribution is -2.12. The molecule has 2 N–H and O–H groups in total. The van der Waals surface area contributed by atoms with E-state index in [0.717, 1.165) is 30.4 Å². The number of benzene rings is 2. The summed E-state index contributed by atoms with van der Waals surface area (Å²) in [5.41, 5.74) is 1.60. The minimum atomic E-state index is -0.121. The van der Waals surface area contributed by atoms with Crippen molar-refractivity contribution in [2.45, 2.75) is 25.4 Å². The minimum absolute atomic E-state index is 0.121. The van der Waals surface area contributed by atoms with E-state index in [1.165, 1.54) is 0 Å². The average molecular weight is 244 g/mol. The van der Waals surface area contributed by atoms with Crippen molar-refractivity contribution >= 4 is 10.8 Å². The number of phenolic OH excluding ortho intramolecular Hbond substituents is 2. The van der Waals surface area contributed by atoms with Gasteiger partial charge in [-0.3, -0.25) is 0 Å². The van der Waals surface area contributed by atoms with E-state index in [4.69, 9.17) is 4.74 Å². The molecule has 1 aliphatic carbocycles. The number of rotatable bonds is 1. The Hall–Kier alpha value is -1.74. The molecule has 0 amide bonds. The molecule has 0 aromatic heterocycles. The van der Waals surface area contributed by atoms with Crippen LogP contribution in [0.15, 0.2) is 24.3 Å². The van der Waals surface area contributed by atoms with Gasteiger partial charge in [-0.2, -0.15) is 0 Å². The molecular weight excluding hydrogens is 228 g/mol. The first-order chi connectivity index (χ1) is 8.74. The van der Waals surface area contributed by atoms with E-state index in [9.17, 15) is 10.2 Å². The summed E-state index contributed by atoms with van der Waals surface area (Å²) in [7, 11) is 1.64. The first kappa shape index (κ1) is 11.4. The molecule has 0 saturated heterocycles. The number of phenols is 2. The molecule has 0 bridgehead atoms. The SMILES string of the molecule is COC1CCCc2c1c(O)c1ccccc1c2O. The second kappa shape index (κ2) is 4.18. The second-order valence-corrected chi connectivity index (χ2v) is 4.75. The van der Waals surface area contributed by atoms with E-state index in [1.54, 1.807) is 7.11 Å². The van der Waals surface area contributed by atoms with Crippen molar-refractivity contribution < 1.29 is 14.9 Å². The third-order valence-electron chi connectivity index (χ3n) is 3.80. The van der Waals surface area contributed by atoms with Gasteiger partial charge in [0.05, 0.1) is 6.10 Å². The Kier molecular flexibility index (Phi) is 2.63. The summed E-state index contributed by atoms with van der Waals surface area (Å²) in [6.45, 7) is 0. The first-order valence-electron chi connectivity index (χ1n) is 6.22. The molecule has 0 aliphatic heterocycles. The van der Waals surface area contributed by atoms with E-state index in [2.05, 4.69) is 0 Å². The van der Waals surface area contributed by atoms with Crippen molar-refractivity contribution in [2.24, 2.45) is 0 Å². The first-order valence-corrected chi connectivity index (χ1v) is 6.22. The normalized spacial score (nSPS) is 18.8. The molecule has 18 heavy (non-hydrogen) atoms. The number of hydrogen-bond donors (Lipinski definition) is 2. The van der Waals surface area contributed by atoms with Gasteiger partial charge in [0.15, 0.2) is 0 Å². The van der Waals surface area contributed by atoms with Gasteiger partial charge in [-0.25, -0.2) is 0 Å². The number of ether oxygens (including phenoxy) is 1. The maximum atomic E-state index is 10.4. The van der Waals surface area contributed by atoms with Crippen LogP contribution >= 0.6 is 0 Å². The molecule has 0 spiro atoms. The quantitative estimate of drug-likeness (QED) is 0.757. The molecule has 0 heterocycles. The van der Waals surface area contributed by atoms with Gasteiger partial charge in [0.1, 0.15) is 11.5 Å². The lowest BCUT2D eigenvalue weighted by molar-refractivity contribution is 0.0855. The van der Waals surface area contributed by atoms with E-state index in [0.29, 0.717) is 16.5 Å². The van der Waals surface area contributed by atoms with Crippen LogP contribution in [0.3, 0.4) is 0 Å². The molecule has 2 aromatic rings. The van der Waals surface area contributed by atoms with Crippen molar-refractivity contribution in [3.63, 3.8) is 0 Å². The van der Waals surface area contributed by atoms with Gasteiger partial charge in [-0.1, -0.05) is 24.3 Å². The van der Waals surface area contributed by atoms with Crippen LogP contribution in [-0.2, 0) is 11.2 Å². The van der Waals surface area contributed by atoms with E-state index < -0.39 is 0 Å². The van der Waals surface area contributed by atoms with Gasteiger partial charge in [-0.05, 0) is 19.3 Å². The standard InChI is InChI=1S/C15H16O3/c1-18-12-8-4-7-11-13(12)15(17)10-6-3-2-5-9(10)14(11)16/h2-3,5-6,12,16-17H,4,7-8H2,1H3. The highest BCUT2D eigenvalue weighted by Gasteiger charge is 2.28. The average Bonchev–Trinajstić information content (AvgIpc) is 2.44. The summed E-state index contributed by atoms with van der Waals surface area (Å²) in [6, 6.07) is 7.39. The molecule has 1 aliphatic rings. The lowest BCUT2D eigenvalue weighted by Gasteiger charge is -2.27. The Labute approximate surface area is 106 Å². The van der Waals surface area contributed by atoms with Crippen LogP contribution in [0.25, 0.3) is 10.8 Å². The van der Waals surface area contributed by atoms with Crippen LogP contribution in [0, 0.1) is 0 Å². The molecule has 94 valence electrons. The maximum absolute atomic E-state index is 10.4. The molecule has 0 saturated carbocycles. The molecule has 0 radical (unpaired) electrons. The maximum Gasteiger partial charge on any atom is 0.129 e. The highest BCUT2D eigenvalue weighted by Crippen LogP contribution is 2.47. The van der Waals surface area contributed by atoms with Crippen LogP contribution in [0.5, 0.6) is 11.5 Å². The summed E-state index contributed by atoms with van der Waals surface area (Å²) in [6.07, 6.45) is 2.52. The van der Waals surface area contributed by atoms with Gasteiger partial charge >= 0.3 is 0 Å². The second-order valence-electron chi connectivity index (χ2n) is 4.75. The Morgan fingerprint density at radius 2 is 1.78 bits per heavy atom. The van der Waals surface area contributed by atoms with Crippen LogP contribution < -0.4 is 0 Å². The zero-order chi connectivity index (χ0) is 12.7. The fourth-order valence-corrected chi connectivity index (χ4v) is 2.92. The molecule has 1 atom stereocenters. The monoisotopic (exact) mass is 244 g/mol. The van der Waals surface area contributed by atoms with Crippen molar-refractivity contribution in [2.75, 3.05) is 7.11 Å². The molecule has 3 rings (SSSR count). The van der Waals surface area contributed by atoms with Gasteiger partial charge in [0.2, 0.25) is 0 Å². The predicted octanol–water partition coefficient (Wildman–Crippen LogP) is 3.27. The summed E-state index contributed by atoms with van der Waals surface area (Å²) in [4.78, 5) is 0. The summed E-state index contributed by atoms with van der Waals surface area (Å²) in [5, 5.41) is 22.2. The largest absolute Gasteiger partial charge is 0.507 e. The molecule has 1 unspecified atom stereocenters. The topological polar surface area (TPSA) is 49.7 Å². The van der Waals surface area contributed by atoms with Gasteiger partial charge in [0, 0.05) is 29.0 Å². The third kappa shape index (κ3) is 1.47. The van der Waals surface area contributed by atoms with Crippen LogP contribution in [0.2, 0.25) is 0 Å². The van der Waals surface area contributed by atoms with Crippen molar-refractivity contribution in [1.82, 2.24) is 0 Å². The predicted molar refractivity (Wildman–Crippen MR) is 70.0 cm³/mol. The fraction of sp³-hybridized carbons (Fsp3) is 0.333. The Balaban J connectivity index is 2.39. The smallest absolute Gasteiger partial charge is 0.129 e. The highest BCUT2D eigenvalue weighted by atomic mass is 16.5. The van der Waals surface area contributed by atoms with Gasteiger partial charge in [-0.15, -0.1) is 0 Å². The Morgan fingerprint density at radius 3 is 2.44 bits per heavy atom. The Morgan fingerprint density at radius 1 is 1.11 bits per heavy atom. The van der Waals surface area contributed by atoms with E-state index in [1.807, 2.05) is 24.3 Å². The van der Waals surface area contributed by atoms with E-state index in [-0.39, 0.29) is 11.9 Å². The van der Waals surface area contributed by atoms with Crippen molar-refractivity contribution in [3.05, 3.63) is 35.4 Å². The zero-order valence-corrected chi connectivity index (χ0v) is 10.3. The number of fused-ring (bicyclic) bond motifs is 2. The summed E-state index contributed by atoms with van der Waals surface area (Å²) >= 11 is 0.